The van der Waals surface area contributed by atoms with Crippen molar-refractivity contribution in [2.24, 2.45) is 5.92 Å². The molecule has 1 fully saturated rings. The zero-order valence-electron chi connectivity index (χ0n) is 22.7. The van der Waals surface area contributed by atoms with Gasteiger partial charge in [0, 0.05) is 35.6 Å². The SMILES string of the molecule is C[C@@H]1CCCN(c2ccc([C@@H](C)NC(=S)Nc3cccc(C(=O)c4ccc(C(C)(C)C)cc4)c3)cc2)C1. The lowest BCUT2D eigenvalue weighted by molar-refractivity contribution is 0.103. The maximum absolute atomic E-state index is 13.1. The van der Waals surface area contributed by atoms with Gasteiger partial charge in [-0.25, -0.2) is 0 Å². The van der Waals surface area contributed by atoms with Crippen molar-refractivity contribution in [3.8, 4) is 0 Å². The first-order valence-corrected chi connectivity index (χ1v) is 13.7. The number of anilines is 2. The normalized spacial score (nSPS) is 16.7. The number of hydrogen-bond acceptors (Lipinski definition) is 3. The molecule has 1 aliphatic rings. The molecule has 2 atom stereocenters. The van der Waals surface area contributed by atoms with Gasteiger partial charge in [-0.05, 0) is 78.7 Å². The van der Waals surface area contributed by atoms with Crippen LogP contribution in [0.3, 0.4) is 0 Å². The van der Waals surface area contributed by atoms with Gasteiger partial charge in [0.15, 0.2) is 10.9 Å². The fourth-order valence-corrected chi connectivity index (χ4v) is 5.17. The van der Waals surface area contributed by atoms with Crippen LogP contribution in [0, 0.1) is 5.92 Å². The van der Waals surface area contributed by atoms with E-state index in [1.807, 2.05) is 48.5 Å². The van der Waals surface area contributed by atoms with Crippen molar-refractivity contribution >= 4 is 34.5 Å². The van der Waals surface area contributed by atoms with Crippen molar-refractivity contribution in [1.82, 2.24) is 5.32 Å². The second kappa shape index (κ2) is 11.5. The first-order valence-electron chi connectivity index (χ1n) is 13.3. The van der Waals surface area contributed by atoms with Crippen LogP contribution in [0.25, 0.3) is 0 Å². The number of carbonyl (C=O) groups excluding carboxylic acids is 1. The zero-order valence-corrected chi connectivity index (χ0v) is 23.5. The summed E-state index contributed by atoms with van der Waals surface area (Å²) in [5, 5.41) is 7.15. The Morgan fingerprint density at radius 3 is 2.35 bits per heavy atom. The predicted octanol–water partition coefficient (Wildman–Crippen LogP) is 7.50. The molecule has 37 heavy (non-hydrogen) atoms. The van der Waals surface area contributed by atoms with Crippen LogP contribution < -0.4 is 15.5 Å². The number of carbonyl (C=O) groups is 1. The molecule has 0 spiro atoms. The van der Waals surface area contributed by atoms with E-state index >= 15 is 0 Å². The molecule has 4 rings (SSSR count). The third-order valence-corrected chi connectivity index (χ3v) is 7.38. The number of hydrogen-bond donors (Lipinski definition) is 2. The number of ketones is 1. The second-order valence-electron chi connectivity index (χ2n) is 11.3. The molecule has 1 aliphatic heterocycles. The summed E-state index contributed by atoms with van der Waals surface area (Å²) < 4.78 is 0. The number of benzene rings is 3. The van der Waals surface area contributed by atoms with Crippen LogP contribution in [-0.2, 0) is 5.41 Å². The van der Waals surface area contributed by atoms with Gasteiger partial charge in [-0.3, -0.25) is 4.79 Å². The smallest absolute Gasteiger partial charge is 0.193 e. The predicted molar refractivity (Wildman–Crippen MR) is 160 cm³/mol. The summed E-state index contributed by atoms with van der Waals surface area (Å²) in [5.74, 6) is 0.750. The minimum absolute atomic E-state index is 0.000422. The van der Waals surface area contributed by atoms with Crippen molar-refractivity contribution in [1.29, 1.82) is 0 Å². The summed E-state index contributed by atoms with van der Waals surface area (Å²) in [5.41, 5.74) is 5.84. The highest BCUT2D eigenvalue weighted by molar-refractivity contribution is 7.80. The van der Waals surface area contributed by atoms with Gasteiger partial charge >= 0.3 is 0 Å². The largest absolute Gasteiger partial charge is 0.371 e. The molecule has 1 heterocycles. The van der Waals surface area contributed by atoms with E-state index in [2.05, 4.69) is 74.4 Å². The van der Waals surface area contributed by atoms with Crippen LogP contribution in [0.5, 0.6) is 0 Å². The summed E-state index contributed by atoms with van der Waals surface area (Å²) in [4.78, 5) is 15.6. The molecule has 194 valence electrons. The first-order chi connectivity index (χ1) is 17.6. The molecule has 3 aromatic carbocycles. The lowest BCUT2D eigenvalue weighted by atomic mass is 9.86. The maximum atomic E-state index is 13.1. The van der Waals surface area contributed by atoms with Crippen LogP contribution in [-0.4, -0.2) is 24.0 Å². The molecule has 0 aliphatic carbocycles. The first kappa shape index (κ1) is 26.9. The average Bonchev–Trinajstić information content (AvgIpc) is 2.88. The van der Waals surface area contributed by atoms with Crippen LogP contribution in [0.1, 0.15) is 80.6 Å². The summed E-state index contributed by atoms with van der Waals surface area (Å²) in [6.45, 7) is 13.2. The highest BCUT2D eigenvalue weighted by atomic mass is 32.1. The van der Waals surface area contributed by atoms with Gasteiger partial charge in [0.1, 0.15) is 0 Å². The molecule has 0 unspecified atom stereocenters. The minimum atomic E-state index is -0.000422. The number of thiocarbonyl (C=S) groups is 1. The van der Waals surface area contributed by atoms with E-state index in [0.29, 0.717) is 16.2 Å². The number of rotatable bonds is 6. The Morgan fingerprint density at radius 1 is 1.00 bits per heavy atom. The van der Waals surface area contributed by atoms with E-state index in [1.165, 1.54) is 29.7 Å². The van der Waals surface area contributed by atoms with Crippen LogP contribution in [0.15, 0.2) is 72.8 Å². The molecule has 0 radical (unpaired) electrons. The van der Waals surface area contributed by atoms with Gasteiger partial charge in [0.05, 0.1) is 6.04 Å². The van der Waals surface area contributed by atoms with Crippen molar-refractivity contribution in [3.05, 3.63) is 95.1 Å². The molecule has 5 heteroatoms. The Hall–Kier alpha value is -3.18. The quantitative estimate of drug-likeness (QED) is 0.264. The number of piperidine rings is 1. The zero-order chi connectivity index (χ0) is 26.6. The average molecular weight is 514 g/mol. The number of nitrogens with zero attached hydrogens (tertiary/aromatic N) is 1. The van der Waals surface area contributed by atoms with Crippen molar-refractivity contribution < 1.29 is 4.79 Å². The van der Waals surface area contributed by atoms with E-state index in [0.717, 1.165) is 24.7 Å². The third kappa shape index (κ3) is 6.98. The summed E-state index contributed by atoms with van der Waals surface area (Å²) in [6, 6.07) is 24.2. The second-order valence-corrected chi connectivity index (χ2v) is 11.8. The van der Waals surface area contributed by atoms with Gasteiger partial charge < -0.3 is 15.5 Å². The van der Waals surface area contributed by atoms with Gasteiger partial charge in [-0.2, -0.15) is 0 Å². The molecular formula is C32H39N3OS. The Kier molecular flexibility index (Phi) is 8.33. The van der Waals surface area contributed by atoms with Crippen molar-refractivity contribution in [2.75, 3.05) is 23.3 Å². The standard InChI is InChI=1S/C32H39N3OS/c1-22-8-7-19-35(21-22)29-17-13-24(14-18-29)23(2)33-31(37)34-28-10-6-9-26(20-28)30(36)25-11-15-27(16-12-25)32(3,4)5/h6,9-18,20,22-23H,7-8,19,21H2,1-5H3,(H2,33,34,37)/t22-,23-/m1/s1. The molecule has 3 aromatic rings. The topological polar surface area (TPSA) is 44.4 Å². The fraction of sp³-hybridized carbons (Fsp3) is 0.375. The third-order valence-electron chi connectivity index (χ3n) is 7.16. The van der Waals surface area contributed by atoms with Gasteiger partial charge in [-0.1, -0.05) is 76.2 Å². The van der Waals surface area contributed by atoms with Crippen LogP contribution >= 0.6 is 12.2 Å². The molecule has 1 saturated heterocycles. The fourth-order valence-electron chi connectivity index (χ4n) is 4.87. The Balaban J connectivity index is 1.36. The summed E-state index contributed by atoms with van der Waals surface area (Å²) >= 11 is 5.59. The lowest BCUT2D eigenvalue weighted by Crippen LogP contribution is -2.34. The van der Waals surface area contributed by atoms with Gasteiger partial charge in [0.2, 0.25) is 0 Å². The Labute approximate surface area is 227 Å². The van der Waals surface area contributed by atoms with Crippen LogP contribution in [0.4, 0.5) is 11.4 Å². The van der Waals surface area contributed by atoms with E-state index in [4.69, 9.17) is 12.2 Å². The highest BCUT2D eigenvalue weighted by Crippen LogP contribution is 2.25. The maximum Gasteiger partial charge on any atom is 0.193 e. The monoisotopic (exact) mass is 513 g/mol. The van der Waals surface area contributed by atoms with Crippen LogP contribution in [0.2, 0.25) is 0 Å². The minimum Gasteiger partial charge on any atom is -0.371 e. The van der Waals surface area contributed by atoms with E-state index in [1.54, 1.807) is 0 Å². The molecule has 0 saturated carbocycles. The number of nitrogens with one attached hydrogen (secondary N) is 2. The highest BCUT2D eigenvalue weighted by Gasteiger charge is 2.18. The summed E-state index contributed by atoms with van der Waals surface area (Å²) in [6.07, 6.45) is 2.58. The molecule has 2 N–H and O–H groups in total. The van der Waals surface area contributed by atoms with E-state index in [-0.39, 0.29) is 17.2 Å². The molecule has 0 bridgehead atoms. The molecule has 4 nitrogen and oxygen atoms in total. The van der Waals surface area contributed by atoms with Gasteiger partial charge in [-0.15, -0.1) is 0 Å². The summed E-state index contributed by atoms with van der Waals surface area (Å²) in [7, 11) is 0. The van der Waals surface area contributed by atoms with Crippen molar-refractivity contribution in [2.45, 2.75) is 58.9 Å². The Morgan fingerprint density at radius 2 is 1.70 bits per heavy atom. The van der Waals surface area contributed by atoms with E-state index in [9.17, 15) is 4.79 Å². The van der Waals surface area contributed by atoms with E-state index < -0.39 is 0 Å². The van der Waals surface area contributed by atoms with Gasteiger partial charge in [0.25, 0.3) is 0 Å². The Bertz CT molecular complexity index is 1230. The molecule has 0 amide bonds. The molecule has 0 aromatic heterocycles. The van der Waals surface area contributed by atoms with Crippen molar-refractivity contribution in [3.63, 3.8) is 0 Å². The lowest BCUT2D eigenvalue weighted by Gasteiger charge is -2.33. The molecular weight excluding hydrogens is 474 g/mol.